The fourth-order valence-corrected chi connectivity index (χ4v) is 2.10. The number of amides is 3. The molecule has 0 aliphatic carbocycles. The first-order valence-electron chi connectivity index (χ1n) is 6.01. The van der Waals surface area contributed by atoms with Crippen LogP contribution in [0.1, 0.15) is 0 Å². The van der Waals surface area contributed by atoms with E-state index in [-0.39, 0.29) is 18.5 Å². The number of carbonyl (C=O) groups is 2. The highest BCUT2D eigenvalue weighted by molar-refractivity contribution is 6.30. The molecule has 1 aliphatic heterocycles. The predicted molar refractivity (Wildman–Crippen MR) is 74.5 cm³/mol. The molecule has 102 valence electrons. The molecule has 6 heteroatoms. The molecule has 3 amide bonds. The molecule has 0 N–H and O–H groups in total. The first-order valence-corrected chi connectivity index (χ1v) is 6.39. The van der Waals surface area contributed by atoms with Crippen molar-refractivity contribution in [3.63, 3.8) is 0 Å². The van der Waals surface area contributed by atoms with Crippen molar-refractivity contribution in [1.82, 2.24) is 9.80 Å². The lowest BCUT2D eigenvalue weighted by atomic mass is 10.3. The van der Waals surface area contributed by atoms with Crippen molar-refractivity contribution in [2.45, 2.75) is 0 Å². The lowest BCUT2D eigenvalue weighted by Crippen LogP contribution is -2.39. The average Bonchev–Trinajstić information content (AvgIpc) is 2.71. The number of rotatable bonds is 3. The molecule has 0 aromatic heterocycles. The van der Waals surface area contributed by atoms with Crippen LogP contribution in [0.2, 0.25) is 5.02 Å². The fourth-order valence-electron chi connectivity index (χ4n) is 1.92. The second kappa shape index (κ2) is 5.48. The lowest BCUT2D eigenvalue weighted by Gasteiger charge is -2.20. The number of anilines is 1. The van der Waals surface area contributed by atoms with Crippen LogP contribution in [0.15, 0.2) is 24.3 Å². The van der Waals surface area contributed by atoms with Gasteiger partial charge < -0.3 is 9.80 Å². The molecule has 1 saturated heterocycles. The highest BCUT2D eigenvalue weighted by atomic mass is 35.5. The van der Waals surface area contributed by atoms with E-state index in [1.807, 2.05) is 6.07 Å². The van der Waals surface area contributed by atoms with Crippen molar-refractivity contribution in [2.75, 3.05) is 38.6 Å². The van der Waals surface area contributed by atoms with Crippen LogP contribution in [0.4, 0.5) is 10.5 Å². The SMILES string of the molecule is CN(C)C(=O)CN1CCN(c2cccc(Cl)c2)C1=O. The Morgan fingerprint density at radius 1 is 1.37 bits per heavy atom. The maximum atomic E-state index is 12.2. The molecule has 0 spiro atoms. The molecule has 1 aromatic carbocycles. The first kappa shape index (κ1) is 13.7. The first-order chi connectivity index (χ1) is 8.99. The molecule has 1 heterocycles. The molecule has 0 radical (unpaired) electrons. The molecule has 1 aliphatic rings. The minimum atomic E-state index is -0.155. The normalized spacial score (nSPS) is 15.0. The van der Waals surface area contributed by atoms with Gasteiger partial charge in [-0.05, 0) is 18.2 Å². The summed E-state index contributed by atoms with van der Waals surface area (Å²) < 4.78 is 0. The molecule has 2 rings (SSSR count). The maximum Gasteiger partial charge on any atom is 0.325 e. The minimum Gasteiger partial charge on any atom is -0.347 e. The van der Waals surface area contributed by atoms with Crippen LogP contribution in [0, 0.1) is 0 Å². The Balaban J connectivity index is 2.08. The number of hydrogen-bond acceptors (Lipinski definition) is 2. The third-order valence-electron chi connectivity index (χ3n) is 3.04. The topological polar surface area (TPSA) is 43.9 Å². The van der Waals surface area contributed by atoms with Crippen molar-refractivity contribution >= 4 is 29.2 Å². The molecule has 1 fully saturated rings. The van der Waals surface area contributed by atoms with E-state index in [1.54, 1.807) is 42.1 Å². The van der Waals surface area contributed by atoms with Gasteiger partial charge in [-0.3, -0.25) is 9.69 Å². The third-order valence-corrected chi connectivity index (χ3v) is 3.27. The molecule has 19 heavy (non-hydrogen) atoms. The minimum absolute atomic E-state index is 0.0821. The van der Waals surface area contributed by atoms with E-state index in [0.29, 0.717) is 18.1 Å². The summed E-state index contributed by atoms with van der Waals surface area (Å²) in [6.45, 7) is 1.23. The zero-order valence-corrected chi connectivity index (χ0v) is 11.7. The number of benzene rings is 1. The van der Waals surface area contributed by atoms with Crippen molar-refractivity contribution in [3.05, 3.63) is 29.3 Å². The van der Waals surface area contributed by atoms with Gasteiger partial charge in [-0.1, -0.05) is 17.7 Å². The van der Waals surface area contributed by atoms with Gasteiger partial charge in [0.15, 0.2) is 0 Å². The van der Waals surface area contributed by atoms with Gasteiger partial charge in [-0.15, -0.1) is 0 Å². The van der Waals surface area contributed by atoms with Crippen molar-refractivity contribution in [2.24, 2.45) is 0 Å². The standard InChI is InChI=1S/C13H16ClN3O2/c1-15(2)12(18)9-16-6-7-17(13(16)19)11-5-3-4-10(14)8-11/h3-5,8H,6-7,9H2,1-2H3. The summed E-state index contributed by atoms with van der Waals surface area (Å²) >= 11 is 5.92. The molecular formula is C13H16ClN3O2. The third kappa shape index (κ3) is 2.98. The van der Waals surface area contributed by atoms with Gasteiger partial charge in [-0.2, -0.15) is 0 Å². The van der Waals surface area contributed by atoms with Crippen molar-refractivity contribution in [3.8, 4) is 0 Å². The van der Waals surface area contributed by atoms with Crippen LogP contribution in [0.3, 0.4) is 0 Å². The highest BCUT2D eigenvalue weighted by Crippen LogP contribution is 2.23. The second-order valence-electron chi connectivity index (χ2n) is 4.62. The summed E-state index contributed by atoms with van der Waals surface area (Å²) in [5, 5.41) is 0.591. The summed E-state index contributed by atoms with van der Waals surface area (Å²) in [7, 11) is 3.36. The molecule has 0 saturated carbocycles. The Kier molecular flexibility index (Phi) is 3.95. The van der Waals surface area contributed by atoms with Crippen molar-refractivity contribution in [1.29, 1.82) is 0 Å². The van der Waals surface area contributed by atoms with Crippen LogP contribution in [-0.4, -0.2) is 55.5 Å². The summed E-state index contributed by atoms with van der Waals surface area (Å²) in [5.74, 6) is -0.0821. The van der Waals surface area contributed by atoms with Gasteiger partial charge in [0.25, 0.3) is 0 Å². The number of nitrogens with zero attached hydrogens (tertiary/aromatic N) is 3. The van der Waals surface area contributed by atoms with Crippen LogP contribution in [0.25, 0.3) is 0 Å². The van der Waals surface area contributed by atoms with E-state index in [2.05, 4.69) is 0 Å². The summed E-state index contributed by atoms with van der Waals surface area (Å²) in [4.78, 5) is 28.5. The Labute approximate surface area is 117 Å². The Hall–Kier alpha value is -1.75. The molecular weight excluding hydrogens is 266 g/mol. The van der Waals surface area contributed by atoms with E-state index in [4.69, 9.17) is 11.6 Å². The van der Waals surface area contributed by atoms with Crippen LogP contribution in [-0.2, 0) is 4.79 Å². The molecule has 1 aromatic rings. The molecule has 0 bridgehead atoms. The van der Waals surface area contributed by atoms with E-state index < -0.39 is 0 Å². The summed E-state index contributed by atoms with van der Waals surface area (Å²) in [6.07, 6.45) is 0. The van der Waals surface area contributed by atoms with E-state index in [1.165, 1.54) is 4.90 Å². The van der Waals surface area contributed by atoms with Crippen LogP contribution in [0.5, 0.6) is 0 Å². The van der Waals surface area contributed by atoms with E-state index >= 15 is 0 Å². The monoisotopic (exact) mass is 281 g/mol. The molecule has 5 nitrogen and oxygen atoms in total. The van der Waals surface area contributed by atoms with Gasteiger partial charge >= 0.3 is 6.03 Å². The predicted octanol–water partition coefficient (Wildman–Crippen LogP) is 1.67. The van der Waals surface area contributed by atoms with Crippen LogP contribution < -0.4 is 4.90 Å². The maximum absolute atomic E-state index is 12.2. The van der Waals surface area contributed by atoms with Gasteiger partial charge in [-0.25, -0.2) is 4.79 Å². The quantitative estimate of drug-likeness (QED) is 0.846. The lowest BCUT2D eigenvalue weighted by molar-refractivity contribution is -0.129. The molecule has 0 atom stereocenters. The Bertz CT molecular complexity index is 504. The Morgan fingerprint density at radius 3 is 2.74 bits per heavy atom. The average molecular weight is 282 g/mol. The summed E-state index contributed by atoms with van der Waals surface area (Å²) in [5.41, 5.74) is 0.761. The number of hydrogen-bond donors (Lipinski definition) is 0. The Morgan fingerprint density at radius 2 is 2.11 bits per heavy atom. The fraction of sp³-hybridized carbons (Fsp3) is 0.385. The van der Waals surface area contributed by atoms with Crippen molar-refractivity contribution < 1.29 is 9.59 Å². The second-order valence-corrected chi connectivity index (χ2v) is 5.06. The zero-order chi connectivity index (χ0) is 14.0. The summed E-state index contributed by atoms with van der Waals surface area (Å²) in [6, 6.07) is 6.99. The number of urea groups is 1. The molecule has 0 unspecified atom stereocenters. The number of halogens is 1. The highest BCUT2D eigenvalue weighted by Gasteiger charge is 2.31. The van der Waals surface area contributed by atoms with Gasteiger partial charge in [0.2, 0.25) is 5.91 Å². The van der Waals surface area contributed by atoms with Crippen LogP contribution >= 0.6 is 11.6 Å². The van der Waals surface area contributed by atoms with Gasteiger partial charge in [0, 0.05) is 37.9 Å². The number of likely N-dealkylation sites (N-methyl/N-ethyl adjacent to an activating group) is 1. The zero-order valence-electron chi connectivity index (χ0n) is 11.0. The van der Waals surface area contributed by atoms with E-state index in [0.717, 1.165) is 5.69 Å². The smallest absolute Gasteiger partial charge is 0.325 e. The van der Waals surface area contributed by atoms with Gasteiger partial charge in [0.05, 0.1) is 0 Å². The largest absolute Gasteiger partial charge is 0.347 e. The number of carbonyl (C=O) groups excluding carboxylic acids is 2. The van der Waals surface area contributed by atoms with Gasteiger partial charge in [0.1, 0.15) is 6.54 Å². The van der Waals surface area contributed by atoms with E-state index in [9.17, 15) is 9.59 Å².